The zero-order valence-corrected chi connectivity index (χ0v) is 18.2. The number of nitrogens with one attached hydrogen (secondary N) is 1. The van der Waals surface area contributed by atoms with E-state index in [9.17, 15) is 25.0 Å². The number of imidazole rings is 1. The number of benzene rings is 1. The number of aliphatic hydroxyl groups excluding tert-OH is 2. The standard InChI is InChI=1S/C17H19ClN5O9P/c18-8-2-9(24)7(1-10(8)25)3-19-15-12-16(21-5-20-15)23(6-22-12)17-14(27)13(26)11(32-17)4-31-33(28,29)30/h1-2,5-6,11,13-14,17,24-27H,3-4H2,(H,19,20,21)(H2,28,29,30)/t11-,13-,14-,17-/m1/s1. The Bertz CT molecular complexity index is 1220. The molecule has 0 aliphatic carbocycles. The third-order valence-electron chi connectivity index (χ3n) is 4.97. The number of phosphoric ester groups is 1. The van der Waals surface area contributed by atoms with Crippen molar-refractivity contribution >= 4 is 36.4 Å². The number of halogens is 1. The normalized spacial score (nSPS) is 23.3. The first-order valence-electron chi connectivity index (χ1n) is 9.38. The molecule has 1 aliphatic heterocycles. The van der Waals surface area contributed by atoms with Crippen LogP contribution in [0.3, 0.4) is 0 Å². The van der Waals surface area contributed by atoms with Gasteiger partial charge in [0.25, 0.3) is 0 Å². The molecule has 2 aromatic heterocycles. The lowest BCUT2D eigenvalue weighted by Gasteiger charge is -2.16. The van der Waals surface area contributed by atoms with Gasteiger partial charge < -0.3 is 40.3 Å². The Hall–Kier alpha value is -2.55. The van der Waals surface area contributed by atoms with Gasteiger partial charge in [-0.1, -0.05) is 11.6 Å². The van der Waals surface area contributed by atoms with Gasteiger partial charge in [0.15, 0.2) is 23.2 Å². The van der Waals surface area contributed by atoms with Gasteiger partial charge in [-0.2, -0.15) is 0 Å². The molecule has 7 N–H and O–H groups in total. The number of fused-ring (bicyclic) bond motifs is 1. The number of hydrogen-bond acceptors (Lipinski definition) is 11. The number of phosphoric acid groups is 1. The number of nitrogens with zero attached hydrogens (tertiary/aromatic N) is 4. The van der Waals surface area contributed by atoms with E-state index in [1.54, 1.807) is 0 Å². The van der Waals surface area contributed by atoms with E-state index in [1.165, 1.54) is 29.4 Å². The summed E-state index contributed by atoms with van der Waals surface area (Å²) >= 11 is 5.76. The molecular formula is C17H19ClN5O9P. The summed E-state index contributed by atoms with van der Waals surface area (Å²) in [5, 5.41) is 43.3. The minimum absolute atomic E-state index is 0.00114. The van der Waals surface area contributed by atoms with Gasteiger partial charge in [-0.05, 0) is 6.07 Å². The molecule has 33 heavy (non-hydrogen) atoms. The van der Waals surface area contributed by atoms with Crippen LogP contribution in [0, 0.1) is 0 Å². The van der Waals surface area contributed by atoms with Gasteiger partial charge in [0, 0.05) is 18.2 Å². The van der Waals surface area contributed by atoms with Gasteiger partial charge in [-0.3, -0.25) is 9.09 Å². The fourth-order valence-electron chi connectivity index (χ4n) is 3.35. The van der Waals surface area contributed by atoms with E-state index in [-0.39, 0.29) is 40.0 Å². The maximum Gasteiger partial charge on any atom is 0.469 e. The van der Waals surface area contributed by atoms with Crippen LogP contribution in [0.15, 0.2) is 24.8 Å². The van der Waals surface area contributed by atoms with Crippen molar-refractivity contribution in [1.82, 2.24) is 19.5 Å². The molecule has 0 radical (unpaired) electrons. The largest absolute Gasteiger partial charge is 0.508 e. The molecule has 0 unspecified atom stereocenters. The maximum atomic E-state index is 10.9. The molecule has 14 nitrogen and oxygen atoms in total. The Kier molecular flexibility index (Phi) is 6.44. The van der Waals surface area contributed by atoms with Gasteiger partial charge in [0.2, 0.25) is 0 Å². The second-order valence-corrected chi connectivity index (χ2v) is 8.81. The van der Waals surface area contributed by atoms with Crippen LogP contribution in [0.25, 0.3) is 11.2 Å². The molecule has 1 fully saturated rings. The second-order valence-electron chi connectivity index (χ2n) is 7.16. The molecule has 4 atom stereocenters. The average molecular weight is 504 g/mol. The third kappa shape index (κ3) is 4.88. The summed E-state index contributed by atoms with van der Waals surface area (Å²) in [5.74, 6) is -0.0743. The minimum Gasteiger partial charge on any atom is -0.508 e. The lowest BCUT2D eigenvalue weighted by atomic mass is 10.1. The monoisotopic (exact) mass is 503 g/mol. The van der Waals surface area contributed by atoms with Crippen molar-refractivity contribution in [3.63, 3.8) is 0 Å². The number of hydrogen-bond donors (Lipinski definition) is 7. The molecule has 16 heteroatoms. The fraction of sp³-hybridized carbons (Fsp3) is 0.353. The van der Waals surface area contributed by atoms with Gasteiger partial charge in [0.05, 0.1) is 18.0 Å². The number of rotatable bonds is 7. The molecular weight excluding hydrogens is 485 g/mol. The van der Waals surface area contributed by atoms with Crippen LogP contribution in [-0.4, -0.2) is 74.7 Å². The number of aromatic nitrogens is 4. The Labute approximate surface area is 190 Å². The Balaban J connectivity index is 1.55. The molecule has 3 aromatic rings. The molecule has 1 saturated heterocycles. The molecule has 3 heterocycles. The fourth-order valence-corrected chi connectivity index (χ4v) is 3.85. The second kappa shape index (κ2) is 9.00. The SMILES string of the molecule is O=P(O)(O)OC[C@H]1O[C@@H](n2cnc3c(NCc4cc(O)c(Cl)cc4O)ncnc32)[C@H](O)[C@@H]1O. The summed E-state index contributed by atoms with van der Waals surface area (Å²) in [6.45, 7) is -0.594. The van der Waals surface area contributed by atoms with Gasteiger partial charge in [-0.25, -0.2) is 19.5 Å². The topological polar surface area (TPSA) is 213 Å². The number of phenolic OH excluding ortho intramolecular Hbond substituents is 2. The van der Waals surface area contributed by atoms with E-state index < -0.39 is 39.0 Å². The zero-order chi connectivity index (χ0) is 23.9. The van der Waals surface area contributed by atoms with Crippen molar-refractivity contribution < 1.29 is 44.0 Å². The molecule has 0 amide bonds. The van der Waals surface area contributed by atoms with E-state index in [1.807, 2.05) is 0 Å². The average Bonchev–Trinajstić information content (AvgIpc) is 3.29. The van der Waals surface area contributed by atoms with Crippen LogP contribution >= 0.6 is 19.4 Å². The van der Waals surface area contributed by atoms with Crippen molar-refractivity contribution in [2.24, 2.45) is 0 Å². The quantitative estimate of drug-likeness (QED) is 0.170. The smallest absolute Gasteiger partial charge is 0.469 e. The summed E-state index contributed by atoms with van der Waals surface area (Å²) in [5.41, 5.74) is 0.840. The van der Waals surface area contributed by atoms with Crippen LogP contribution in [0.5, 0.6) is 11.5 Å². The van der Waals surface area contributed by atoms with Gasteiger partial charge in [0.1, 0.15) is 36.1 Å². The highest BCUT2D eigenvalue weighted by Gasteiger charge is 2.45. The van der Waals surface area contributed by atoms with E-state index >= 15 is 0 Å². The first kappa shape index (κ1) is 23.6. The summed E-state index contributed by atoms with van der Waals surface area (Å²) in [7, 11) is -4.79. The Morgan fingerprint density at radius 1 is 1.15 bits per heavy atom. The van der Waals surface area contributed by atoms with Crippen molar-refractivity contribution in [3.8, 4) is 11.5 Å². The number of anilines is 1. The van der Waals surface area contributed by atoms with Crippen molar-refractivity contribution in [2.45, 2.75) is 31.1 Å². The van der Waals surface area contributed by atoms with Gasteiger partial charge in [-0.15, -0.1) is 0 Å². The first-order valence-corrected chi connectivity index (χ1v) is 11.3. The van der Waals surface area contributed by atoms with Gasteiger partial charge >= 0.3 is 7.82 Å². The van der Waals surface area contributed by atoms with E-state index in [2.05, 4.69) is 24.8 Å². The lowest BCUT2D eigenvalue weighted by molar-refractivity contribution is -0.0504. The van der Waals surface area contributed by atoms with Crippen LogP contribution in [0.2, 0.25) is 5.02 Å². The molecule has 1 aliphatic rings. The number of phenols is 2. The van der Waals surface area contributed by atoms with Crippen LogP contribution < -0.4 is 5.32 Å². The summed E-state index contributed by atoms with van der Waals surface area (Å²) in [4.78, 5) is 30.1. The summed E-state index contributed by atoms with van der Waals surface area (Å²) < 4.78 is 22.2. The van der Waals surface area contributed by atoms with Crippen LogP contribution in [0.4, 0.5) is 5.82 Å². The molecule has 4 rings (SSSR count). The van der Waals surface area contributed by atoms with Crippen molar-refractivity contribution in [1.29, 1.82) is 0 Å². The maximum absolute atomic E-state index is 10.9. The van der Waals surface area contributed by atoms with Crippen LogP contribution in [0.1, 0.15) is 11.8 Å². The van der Waals surface area contributed by atoms with E-state index in [4.69, 9.17) is 26.1 Å². The third-order valence-corrected chi connectivity index (χ3v) is 5.76. The van der Waals surface area contributed by atoms with Crippen molar-refractivity contribution in [2.75, 3.05) is 11.9 Å². The number of aromatic hydroxyl groups is 2. The predicted octanol–water partition coefficient (Wildman–Crippen LogP) is 0.231. The number of ether oxygens (including phenoxy) is 1. The number of aliphatic hydroxyl groups is 2. The van der Waals surface area contributed by atoms with Crippen LogP contribution in [-0.2, 0) is 20.4 Å². The molecule has 178 valence electrons. The molecule has 1 aromatic carbocycles. The molecule has 0 spiro atoms. The highest BCUT2D eigenvalue weighted by Crippen LogP contribution is 2.39. The highest BCUT2D eigenvalue weighted by molar-refractivity contribution is 7.46. The predicted molar refractivity (Wildman–Crippen MR) is 111 cm³/mol. The minimum atomic E-state index is -4.79. The van der Waals surface area contributed by atoms with Crippen molar-refractivity contribution in [3.05, 3.63) is 35.4 Å². The Morgan fingerprint density at radius 3 is 2.64 bits per heavy atom. The Morgan fingerprint density at radius 2 is 1.91 bits per heavy atom. The summed E-state index contributed by atoms with van der Waals surface area (Å²) in [6, 6.07) is 2.50. The highest BCUT2D eigenvalue weighted by atomic mass is 35.5. The molecule has 0 saturated carbocycles. The summed E-state index contributed by atoms with van der Waals surface area (Å²) in [6.07, 6.45) is -2.82. The zero-order valence-electron chi connectivity index (χ0n) is 16.6. The molecule has 0 bridgehead atoms. The lowest BCUT2D eigenvalue weighted by Crippen LogP contribution is -2.33. The van der Waals surface area contributed by atoms with E-state index in [0.717, 1.165) is 0 Å². The van der Waals surface area contributed by atoms with E-state index in [0.29, 0.717) is 5.56 Å². The first-order chi connectivity index (χ1) is 15.5.